The molecule has 0 unspecified atom stereocenters. The van der Waals surface area contributed by atoms with Crippen molar-refractivity contribution in [1.82, 2.24) is 14.1 Å². The SMILES string of the molecule is Cc1c(O)n(-c2ccc(SC(F)(F)F)cc2)c(=O)n1Cc1ccncc1OC(=O)C(F)(F)F. The highest BCUT2D eigenvalue weighted by Gasteiger charge is 2.41. The number of carbonyl (C=O) groups is 1. The van der Waals surface area contributed by atoms with Crippen LogP contribution in [0.4, 0.5) is 26.3 Å². The van der Waals surface area contributed by atoms with E-state index in [4.69, 9.17) is 0 Å². The zero-order valence-corrected chi connectivity index (χ0v) is 17.3. The van der Waals surface area contributed by atoms with Crippen molar-refractivity contribution < 1.29 is 41.0 Å². The standard InChI is InChI=1S/C19H13F6N3O4S/c1-10-15(29)28(12-2-4-13(5-3-12)33-19(23,24)25)17(31)27(10)9-11-6-7-26-8-14(11)32-16(30)18(20,21)22/h2-8,29H,9H2,1H3. The molecule has 7 nitrogen and oxygen atoms in total. The van der Waals surface area contributed by atoms with Crippen LogP contribution in [0.15, 0.2) is 52.4 Å². The van der Waals surface area contributed by atoms with Gasteiger partial charge >= 0.3 is 23.3 Å². The number of nitrogens with zero attached hydrogens (tertiary/aromatic N) is 3. The maximum absolute atomic E-state index is 12.9. The van der Waals surface area contributed by atoms with E-state index in [2.05, 4.69) is 9.72 Å². The van der Waals surface area contributed by atoms with Gasteiger partial charge in [0, 0.05) is 16.7 Å². The highest BCUT2D eigenvalue weighted by Crippen LogP contribution is 2.37. The number of thioether (sulfide) groups is 1. The Bertz CT molecular complexity index is 1230. The molecule has 0 atom stereocenters. The highest BCUT2D eigenvalue weighted by molar-refractivity contribution is 8.00. The minimum atomic E-state index is -5.25. The molecule has 3 rings (SSSR count). The molecule has 0 spiro atoms. The maximum Gasteiger partial charge on any atom is 0.491 e. The quantitative estimate of drug-likeness (QED) is 0.326. The lowest BCUT2D eigenvalue weighted by atomic mass is 10.2. The summed E-state index contributed by atoms with van der Waals surface area (Å²) in [5, 5.41) is 10.4. The molecule has 0 amide bonds. The van der Waals surface area contributed by atoms with Crippen LogP contribution in [-0.2, 0) is 11.3 Å². The molecule has 0 bridgehead atoms. The van der Waals surface area contributed by atoms with Gasteiger partial charge in [0.05, 0.1) is 24.1 Å². The van der Waals surface area contributed by atoms with E-state index in [1.807, 2.05) is 0 Å². The van der Waals surface area contributed by atoms with Crippen molar-refractivity contribution in [2.45, 2.75) is 30.0 Å². The van der Waals surface area contributed by atoms with Gasteiger partial charge in [0.2, 0.25) is 5.88 Å². The van der Waals surface area contributed by atoms with Crippen LogP contribution in [0.25, 0.3) is 5.69 Å². The summed E-state index contributed by atoms with van der Waals surface area (Å²) in [5.74, 6) is -3.54. The number of hydrogen-bond donors (Lipinski definition) is 1. The van der Waals surface area contributed by atoms with Gasteiger partial charge in [0.25, 0.3) is 0 Å². The number of pyridine rings is 1. The van der Waals surface area contributed by atoms with Crippen LogP contribution in [0.3, 0.4) is 0 Å². The molecule has 0 fully saturated rings. The summed E-state index contributed by atoms with van der Waals surface area (Å²) in [7, 11) is 0. The summed E-state index contributed by atoms with van der Waals surface area (Å²) in [6, 6.07) is 5.85. The zero-order valence-electron chi connectivity index (χ0n) is 16.4. The normalized spacial score (nSPS) is 12.1. The largest absolute Gasteiger partial charge is 0.493 e. The van der Waals surface area contributed by atoms with Crippen molar-refractivity contribution in [3.63, 3.8) is 0 Å². The average Bonchev–Trinajstić information content (AvgIpc) is 2.91. The molecule has 0 aliphatic rings. The van der Waals surface area contributed by atoms with Gasteiger partial charge in [-0.3, -0.25) is 9.55 Å². The van der Waals surface area contributed by atoms with Gasteiger partial charge in [-0.15, -0.1) is 0 Å². The predicted octanol–water partition coefficient (Wildman–Crippen LogP) is 4.18. The van der Waals surface area contributed by atoms with E-state index < -0.39 is 41.5 Å². The third-order valence-electron chi connectivity index (χ3n) is 4.32. The monoisotopic (exact) mass is 493 g/mol. The van der Waals surface area contributed by atoms with Crippen LogP contribution in [0, 0.1) is 6.92 Å². The molecule has 0 aliphatic carbocycles. The van der Waals surface area contributed by atoms with E-state index >= 15 is 0 Å². The number of hydrogen-bond acceptors (Lipinski definition) is 6. The number of ether oxygens (including phenoxy) is 1. The fourth-order valence-electron chi connectivity index (χ4n) is 2.81. The molecule has 0 aliphatic heterocycles. The smallest absolute Gasteiger partial charge is 0.491 e. The first-order valence-corrected chi connectivity index (χ1v) is 9.69. The van der Waals surface area contributed by atoms with Crippen LogP contribution in [0.1, 0.15) is 11.3 Å². The zero-order chi connectivity index (χ0) is 24.6. The molecule has 2 heterocycles. The second kappa shape index (κ2) is 8.84. The van der Waals surface area contributed by atoms with Gasteiger partial charge in [0.15, 0.2) is 5.75 Å². The number of carbonyl (C=O) groups excluding carboxylic acids is 1. The highest BCUT2D eigenvalue weighted by atomic mass is 32.2. The van der Waals surface area contributed by atoms with E-state index in [9.17, 15) is 41.0 Å². The molecule has 14 heteroatoms. The number of esters is 1. The summed E-state index contributed by atoms with van der Waals surface area (Å²) in [6.45, 7) is 0.958. The van der Waals surface area contributed by atoms with Gasteiger partial charge in [-0.25, -0.2) is 14.2 Å². The molecule has 3 aromatic rings. The topological polar surface area (TPSA) is 86.3 Å². The second-order valence-electron chi connectivity index (χ2n) is 6.53. The van der Waals surface area contributed by atoms with E-state index in [1.165, 1.54) is 31.3 Å². The average molecular weight is 493 g/mol. The van der Waals surface area contributed by atoms with Gasteiger partial charge in [-0.1, -0.05) is 0 Å². The second-order valence-corrected chi connectivity index (χ2v) is 7.66. The van der Waals surface area contributed by atoms with Crippen LogP contribution in [0.5, 0.6) is 11.6 Å². The summed E-state index contributed by atoms with van der Waals surface area (Å²) in [4.78, 5) is 27.5. The van der Waals surface area contributed by atoms with Crippen molar-refractivity contribution in [3.8, 4) is 17.3 Å². The molecule has 0 saturated heterocycles. The van der Waals surface area contributed by atoms with Crippen LogP contribution in [-0.4, -0.2) is 36.9 Å². The summed E-state index contributed by atoms with van der Waals surface area (Å²) in [5.41, 5.74) is -5.27. The number of halogens is 6. The molecule has 1 N–H and O–H groups in total. The third-order valence-corrected chi connectivity index (χ3v) is 5.06. The number of aromatic hydroxyl groups is 1. The van der Waals surface area contributed by atoms with E-state index in [0.717, 1.165) is 27.5 Å². The Kier molecular flexibility index (Phi) is 6.49. The van der Waals surface area contributed by atoms with Crippen LogP contribution < -0.4 is 10.4 Å². The van der Waals surface area contributed by atoms with Gasteiger partial charge in [0.1, 0.15) is 0 Å². The van der Waals surface area contributed by atoms with Crippen LogP contribution >= 0.6 is 11.8 Å². The molecule has 176 valence electrons. The van der Waals surface area contributed by atoms with E-state index in [1.54, 1.807) is 0 Å². The first-order chi connectivity index (χ1) is 15.3. The van der Waals surface area contributed by atoms with Crippen molar-refractivity contribution in [1.29, 1.82) is 0 Å². The first-order valence-electron chi connectivity index (χ1n) is 8.87. The lowest BCUT2D eigenvalue weighted by Gasteiger charge is -2.11. The molecule has 2 aromatic heterocycles. The molecule has 33 heavy (non-hydrogen) atoms. The Morgan fingerprint density at radius 2 is 1.76 bits per heavy atom. The number of aromatic nitrogens is 3. The molecular formula is C19H13F6N3O4S. The Hall–Kier alpha value is -3.42. The minimum Gasteiger partial charge on any atom is -0.493 e. The fraction of sp³-hybridized carbons (Fsp3) is 0.211. The summed E-state index contributed by atoms with van der Waals surface area (Å²) in [6.07, 6.45) is -3.18. The Morgan fingerprint density at radius 3 is 2.33 bits per heavy atom. The summed E-state index contributed by atoms with van der Waals surface area (Å²) >= 11 is -0.351. The lowest BCUT2D eigenvalue weighted by molar-refractivity contribution is -0.189. The van der Waals surface area contributed by atoms with Crippen molar-refractivity contribution >= 4 is 17.7 Å². The van der Waals surface area contributed by atoms with Gasteiger partial charge in [-0.05, 0) is 49.0 Å². The number of benzene rings is 1. The van der Waals surface area contributed by atoms with E-state index in [0.29, 0.717) is 0 Å². The fourth-order valence-corrected chi connectivity index (χ4v) is 3.35. The third kappa shape index (κ3) is 5.50. The lowest BCUT2D eigenvalue weighted by Crippen LogP contribution is -2.29. The van der Waals surface area contributed by atoms with Gasteiger partial charge in [-0.2, -0.15) is 26.3 Å². The summed E-state index contributed by atoms with van der Waals surface area (Å²) < 4.78 is 81.2. The number of imidazole rings is 1. The van der Waals surface area contributed by atoms with E-state index in [-0.39, 0.29) is 33.6 Å². The predicted molar refractivity (Wildman–Crippen MR) is 103 cm³/mol. The van der Waals surface area contributed by atoms with Crippen LogP contribution in [0.2, 0.25) is 0 Å². The maximum atomic E-state index is 12.9. The molecule has 0 saturated carbocycles. The van der Waals surface area contributed by atoms with Crippen molar-refractivity contribution in [3.05, 3.63) is 64.5 Å². The van der Waals surface area contributed by atoms with Gasteiger partial charge < -0.3 is 9.84 Å². The number of alkyl halides is 6. The number of rotatable bonds is 5. The minimum absolute atomic E-state index is 0.0122. The van der Waals surface area contributed by atoms with Crippen molar-refractivity contribution in [2.24, 2.45) is 0 Å². The molecule has 0 radical (unpaired) electrons. The molecule has 1 aromatic carbocycles. The Morgan fingerprint density at radius 1 is 1.12 bits per heavy atom. The molecular weight excluding hydrogens is 480 g/mol. The first kappa shape index (κ1) is 24.2. The Labute approximate surface area is 185 Å². The Balaban J connectivity index is 1.95. The van der Waals surface area contributed by atoms with Crippen molar-refractivity contribution in [2.75, 3.05) is 0 Å².